The van der Waals surface area contributed by atoms with E-state index in [2.05, 4.69) is 4.98 Å². The minimum atomic E-state index is -0.556. The molecule has 0 bridgehead atoms. The fourth-order valence-electron chi connectivity index (χ4n) is 1.92. The van der Waals surface area contributed by atoms with Gasteiger partial charge in [0, 0.05) is 11.8 Å². The molecule has 0 aliphatic heterocycles. The summed E-state index contributed by atoms with van der Waals surface area (Å²) in [6.45, 7) is 1.94. The van der Waals surface area contributed by atoms with E-state index >= 15 is 0 Å². The maximum absolute atomic E-state index is 14.4. The number of halogens is 3. The molecule has 0 N–H and O–H groups in total. The zero-order chi connectivity index (χ0) is 14.7. The summed E-state index contributed by atoms with van der Waals surface area (Å²) >= 11 is 11.6. The van der Waals surface area contributed by atoms with E-state index in [1.54, 1.807) is 12.1 Å². The number of ketones is 1. The van der Waals surface area contributed by atoms with Crippen LogP contribution in [0, 0.1) is 5.82 Å². The molecule has 2 nitrogen and oxygen atoms in total. The number of hydrogen-bond acceptors (Lipinski definition) is 2. The van der Waals surface area contributed by atoms with Gasteiger partial charge in [-0.1, -0.05) is 42.6 Å². The maximum atomic E-state index is 14.4. The van der Waals surface area contributed by atoms with E-state index in [1.807, 2.05) is 6.92 Å². The van der Waals surface area contributed by atoms with Crippen LogP contribution in [0.4, 0.5) is 4.39 Å². The lowest BCUT2D eigenvalue weighted by Crippen LogP contribution is -2.08. The molecule has 0 fully saturated rings. The molecular formula is C15H12Cl2FNO. The monoisotopic (exact) mass is 311 g/mol. The molecule has 0 unspecified atom stereocenters. The van der Waals surface area contributed by atoms with Crippen LogP contribution in [-0.2, 0) is 6.42 Å². The van der Waals surface area contributed by atoms with Gasteiger partial charge in [0.2, 0.25) is 0 Å². The number of pyridine rings is 1. The standard InChI is InChI=1S/C15H12Cl2FNO/c1-2-3-9-4-6-11(16)13(14(9)18)15(20)10-5-7-12(17)19-8-10/h4-8H,2-3H2,1H3. The molecule has 0 radical (unpaired) electrons. The van der Waals surface area contributed by atoms with Crippen molar-refractivity contribution >= 4 is 29.0 Å². The van der Waals surface area contributed by atoms with Gasteiger partial charge in [0.1, 0.15) is 11.0 Å². The predicted molar refractivity (Wildman–Crippen MR) is 78.1 cm³/mol. The maximum Gasteiger partial charge on any atom is 0.199 e. The van der Waals surface area contributed by atoms with Crippen molar-refractivity contribution in [2.24, 2.45) is 0 Å². The minimum Gasteiger partial charge on any atom is -0.288 e. The second kappa shape index (κ2) is 6.33. The Morgan fingerprint density at radius 1 is 1.25 bits per heavy atom. The van der Waals surface area contributed by atoms with E-state index in [4.69, 9.17) is 23.2 Å². The van der Waals surface area contributed by atoms with E-state index in [1.165, 1.54) is 18.3 Å². The Morgan fingerprint density at radius 3 is 2.60 bits per heavy atom. The summed E-state index contributed by atoms with van der Waals surface area (Å²) in [6.07, 6.45) is 2.66. The fraction of sp³-hybridized carbons (Fsp3) is 0.200. The predicted octanol–water partition coefficient (Wildman–Crippen LogP) is 4.71. The van der Waals surface area contributed by atoms with Crippen molar-refractivity contribution in [3.05, 3.63) is 63.1 Å². The average Bonchev–Trinajstić information content (AvgIpc) is 2.43. The quantitative estimate of drug-likeness (QED) is 0.604. The molecule has 1 heterocycles. The summed E-state index contributed by atoms with van der Waals surface area (Å²) in [7, 11) is 0. The highest BCUT2D eigenvalue weighted by Gasteiger charge is 2.20. The average molecular weight is 312 g/mol. The lowest BCUT2D eigenvalue weighted by atomic mass is 9.99. The number of benzene rings is 1. The molecule has 2 rings (SSSR count). The number of carbonyl (C=O) groups is 1. The lowest BCUT2D eigenvalue weighted by Gasteiger charge is -2.09. The molecule has 0 atom stereocenters. The van der Waals surface area contributed by atoms with Gasteiger partial charge in [-0.3, -0.25) is 4.79 Å². The number of nitrogens with zero attached hydrogens (tertiary/aromatic N) is 1. The van der Waals surface area contributed by atoms with Crippen molar-refractivity contribution in [3.8, 4) is 0 Å². The Labute approximate surface area is 126 Å². The smallest absolute Gasteiger partial charge is 0.199 e. The molecular weight excluding hydrogens is 300 g/mol. The van der Waals surface area contributed by atoms with Gasteiger partial charge in [-0.15, -0.1) is 0 Å². The highest BCUT2D eigenvalue weighted by atomic mass is 35.5. The van der Waals surface area contributed by atoms with Crippen LogP contribution in [-0.4, -0.2) is 10.8 Å². The zero-order valence-corrected chi connectivity index (χ0v) is 12.3. The van der Waals surface area contributed by atoms with Gasteiger partial charge in [-0.25, -0.2) is 9.37 Å². The van der Waals surface area contributed by atoms with Gasteiger partial charge in [-0.2, -0.15) is 0 Å². The van der Waals surface area contributed by atoms with Crippen LogP contribution in [0.2, 0.25) is 10.2 Å². The van der Waals surface area contributed by atoms with Crippen LogP contribution >= 0.6 is 23.2 Å². The summed E-state index contributed by atoms with van der Waals surface area (Å²) in [5.74, 6) is -1.05. The summed E-state index contributed by atoms with van der Waals surface area (Å²) in [4.78, 5) is 16.2. The van der Waals surface area contributed by atoms with Gasteiger partial charge in [0.15, 0.2) is 5.78 Å². The summed E-state index contributed by atoms with van der Waals surface area (Å²) in [5.41, 5.74) is 0.632. The van der Waals surface area contributed by atoms with Gasteiger partial charge in [0.25, 0.3) is 0 Å². The number of rotatable bonds is 4. The Kier molecular flexibility index (Phi) is 4.73. The highest BCUT2D eigenvalue weighted by Crippen LogP contribution is 2.26. The Bertz CT molecular complexity index is 641. The van der Waals surface area contributed by atoms with E-state index in [0.29, 0.717) is 12.0 Å². The molecule has 1 aromatic carbocycles. The first-order chi connectivity index (χ1) is 9.54. The molecule has 0 saturated carbocycles. The third-order valence-corrected chi connectivity index (χ3v) is 3.45. The topological polar surface area (TPSA) is 30.0 Å². The van der Waals surface area contributed by atoms with Gasteiger partial charge in [0.05, 0.1) is 10.6 Å². The van der Waals surface area contributed by atoms with Crippen LogP contribution < -0.4 is 0 Å². The van der Waals surface area contributed by atoms with E-state index in [-0.39, 0.29) is 21.3 Å². The molecule has 5 heteroatoms. The van der Waals surface area contributed by atoms with Crippen molar-refractivity contribution < 1.29 is 9.18 Å². The molecule has 0 amide bonds. The second-order valence-electron chi connectivity index (χ2n) is 4.34. The highest BCUT2D eigenvalue weighted by molar-refractivity contribution is 6.35. The van der Waals surface area contributed by atoms with E-state index < -0.39 is 11.6 Å². The van der Waals surface area contributed by atoms with Crippen molar-refractivity contribution in [1.29, 1.82) is 0 Å². The summed E-state index contributed by atoms with van der Waals surface area (Å²) in [6, 6.07) is 6.14. The minimum absolute atomic E-state index is 0.0994. The van der Waals surface area contributed by atoms with Gasteiger partial charge >= 0.3 is 0 Å². The fourth-order valence-corrected chi connectivity index (χ4v) is 2.26. The van der Waals surface area contributed by atoms with Crippen molar-refractivity contribution in [3.63, 3.8) is 0 Å². The first kappa shape index (κ1) is 14.9. The summed E-state index contributed by atoms with van der Waals surface area (Å²) in [5, 5.41) is 0.371. The Balaban J connectivity index is 2.48. The zero-order valence-electron chi connectivity index (χ0n) is 10.8. The van der Waals surface area contributed by atoms with Gasteiger partial charge < -0.3 is 0 Å². The molecule has 0 aliphatic rings. The number of aryl methyl sites for hydroxylation is 1. The number of hydrogen-bond donors (Lipinski definition) is 0. The summed E-state index contributed by atoms with van der Waals surface area (Å²) < 4.78 is 14.4. The van der Waals surface area contributed by atoms with Crippen LogP contribution in [0.1, 0.15) is 34.8 Å². The van der Waals surface area contributed by atoms with Gasteiger partial charge in [-0.05, 0) is 30.2 Å². The molecule has 0 aliphatic carbocycles. The SMILES string of the molecule is CCCc1ccc(Cl)c(C(=O)c2ccc(Cl)nc2)c1F. The normalized spacial score (nSPS) is 10.6. The van der Waals surface area contributed by atoms with Crippen LogP contribution in [0.15, 0.2) is 30.5 Å². The van der Waals surface area contributed by atoms with Crippen molar-refractivity contribution in [1.82, 2.24) is 4.98 Å². The van der Waals surface area contributed by atoms with Crippen LogP contribution in [0.25, 0.3) is 0 Å². The molecule has 20 heavy (non-hydrogen) atoms. The third-order valence-electron chi connectivity index (χ3n) is 2.91. The Morgan fingerprint density at radius 2 is 2.00 bits per heavy atom. The molecule has 1 aromatic heterocycles. The van der Waals surface area contributed by atoms with Crippen LogP contribution in [0.3, 0.4) is 0 Å². The number of aromatic nitrogens is 1. The van der Waals surface area contributed by atoms with E-state index in [0.717, 1.165) is 6.42 Å². The third kappa shape index (κ3) is 3.00. The Hall–Kier alpha value is -1.45. The second-order valence-corrected chi connectivity index (χ2v) is 5.14. The first-order valence-electron chi connectivity index (χ1n) is 6.17. The van der Waals surface area contributed by atoms with Crippen molar-refractivity contribution in [2.75, 3.05) is 0 Å². The first-order valence-corrected chi connectivity index (χ1v) is 6.93. The van der Waals surface area contributed by atoms with Crippen LogP contribution in [0.5, 0.6) is 0 Å². The molecule has 104 valence electrons. The van der Waals surface area contributed by atoms with E-state index in [9.17, 15) is 9.18 Å². The number of carbonyl (C=O) groups excluding carboxylic acids is 1. The lowest BCUT2D eigenvalue weighted by molar-refractivity contribution is 0.103. The largest absolute Gasteiger partial charge is 0.288 e. The molecule has 0 spiro atoms. The molecule has 2 aromatic rings. The van der Waals surface area contributed by atoms with Crippen molar-refractivity contribution in [2.45, 2.75) is 19.8 Å². The molecule has 0 saturated heterocycles.